The van der Waals surface area contributed by atoms with Crippen LogP contribution in [0.4, 0.5) is 5.69 Å². The Balaban J connectivity index is 1.63. The number of para-hydroxylation sites is 1. The first-order valence-corrected chi connectivity index (χ1v) is 7.99. The van der Waals surface area contributed by atoms with Crippen LogP contribution in [0.5, 0.6) is 0 Å². The molecular formula is C17H26N2O. The van der Waals surface area contributed by atoms with E-state index in [0.29, 0.717) is 12.1 Å². The molecule has 1 aliphatic carbocycles. The molecule has 3 nitrogen and oxygen atoms in total. The monoisotopic (exact) mass is 274 g/mol. The lowest BCUT2D eigenvalue weighted by Gasteiger charge is -2.38. The molecule has 0 radical (unpaired) electrons. The molecule has 20 heavy (non-hydrogen) atoms. The van der Waals surface area contributed by atoms with Gasteiger partial charge in [0.05, 0.1) is 6.61 Å². The molecule has 0 spiro atoms. The summed E-state index contributed by atoms with van der Waals surface area (Å²) in [6.45, 7) is 3.60. The molecule has 1 aromatic rings. The van der Waals surface area contributed by atoms with Crippen molar-refractivity contribution in [3.63, 3.8) is 0 Å². The van der Waals surface area contributed by atoms with Crippen LogP contribution < -0.4 is 10.2 Å². The Kier molecular flexibility index (Phi) is 4.27. The topological polar surface area (TPSA) is 35.5 Å². The van der Waals surface area contributed by atoms with Gasteiger partial charge in [0.2, 0.25) is 0 Å². The number of nitrogens with one attached hydrogen (secondary N) is 1. The van der Waals surface area contributed by atoms with Crippen LogP contribution in [0.2, 0.25) is 0 Å². The molecule has 0 amide bonds. The van der Waals surface area contributed by atoms with Gasteiger partial charge >= 0.3 is 0 Å². The lowest BCUT2D eigenvalue weighted by Crippen LogP contribution is -2.42. The van der Waals surface area contributed by atoms with E-state index in [1.54, 1.807) is 0 Å². The molecule has 0 saturated heterocycles. The molecule has 2 aliphatic rings. The van der Waals surface area contributed by atoms with Crippen molar-refractivity contribution < 1.29 is 5.11 Å². The van der Waals surface area contributed by atoms with Crippen molar-refractivity contribution in [3.05, 3.63) is 29.8 Å². The van der Waals surface area contributed by atoms with E-state index in [2.05, 4.69) is 41.4 Å². The molecule has 2 atom stereocenters. The van der Waals surface area contributed by atoms with Crippen LogP contribution in [-0.2, 0) is 6.42 Å². The summed E-state index contributed by atoms with van der Waals surface area (Å²) in [5, 5.41) is 13.1. The van der Waals surface area contributed by atoms with E-state index in [4.69, 9.17) is 0 Å². The van der Waals surface area contributed by atoms with Crippen molar-refractivity contribution in [2.75, 3.05) is 18.1 Å². The summed E-state index contributed by atoms with van der Waals surface area (Å²) < 4.78 is 0. The average molecular weight is 274 g/mol. The quantitative estimate of drug-likeness (QED) is 0.836. The van der Waals surface area contributed by atoms with Crippen molar-refractivity contribution in [2.45, 2.75) is 57.2 Å². The number of aryl methyl sites for hydroxylation is 1. The number of rotatable bonds is 6. The summed E-state index contributed by atoms with van der Waals surface area (Å²) >= 11 is 0. The zero-order valence-electron chi connectivity index (χ0n) is 12.4. The number of nitrogens with zero attached hydrogens (tertiary/aromatic N) is 1. The normalized spacial score (nSPS) is 23.5. The summed E-state index contributed by atoms with van der Waals surface area (Å²) in [4.78, 5) is 2.52. The first-order chi connectivity index (χ1) is 9.78. The van der Waals surface area contributed by atoms with E-state index in [1.165, 1.54) is 36.9 Å². The van der Waals surface area contributed by atoms with Crippen molar-refractivity contribution in [1.29, 1.82) is 0 Å². The highest BCUT2D eigenvalue weighted by Gasteiger charge is 2.26. The molecular weight excluding hydrogens is 248 g/mol. The molecule has 0 aromatic heterocycles. The number of benzene rings is 1. The lowest BCUT2D eigenvalue weighted by atomic mass is 9.96. The summed E-state index contributed by atoms with van der Waals surface area (Å²) in [5.41, 5.74) is 2.87. The minimum Gasteiger partial charge on any atom is -0.395 e. The highest BCUT2D eigenvalue weighted by Crippen LogP contribution is 2.30. The van der Waals surface area contributed by atoms with Gasteiger partial charge in [-0.25, -0.2) is 0 Å². The third-order valence-electron chi connectivity index (χ3n) is 4.65. The lowest BCUT2D eigenvalue weighted by molar-refractivity contribution is 0.234. The van der Waals surface area contributed by atoms with E-state index in [1.807, 2.05) is 0 Å². The maximum Gasteiger partial charge on any atom is 0.0585 e. The first-order valence-electron chi connectivity index (χ1n) is 7.99. The molecule has 1 saturated carbocycles. The number of anilines is 1. The zero-order valence-corrected chi connectivity index (χ0v) is 12.4. The van der Waals surface area contributed by atoms with Gasteiger partial charge in [-0.15, -0.1) is 0 Å². The number of hydrogen-bond acceptors (Lipinski definition) is 3. The third kappa shape index (κ3) is 3.15. The molecule has 110 valence electrons. The molecule has 0 bridgehead atoms. The number of hydrogen-bond donors (Lipinski definition) is 2. The van der Waals surface area contributed by atoms with Crippen molar-refractivity contribution in [1.82, 2.24) is 5.32 Å². The van der Waals surface area contributed by atoms with Crippen LogP contribution >= 0.6 is 0 Å². The standard InChI is InChI=1S/C17H26N2O/c1-13-6-7-14-4-2-3-5-17(14)19(13)11-10-16(12-20)18-15-8-9-15/h2-5,13,15-16,18,20H,6-12H2,1H3. The molecule has 3 rings (SSSR count). The van der Waals surface area contributed by atoms with Gasteiger partial charge < -0.3 is 15.3 Å². The maximum atomic E-state index is 9.51. The van der Waals surface area contributed by atoms with E-state index >= 15 is 0 Å². The largest absolute Gasteiger partial charge is 0.395 e. The second-order valence-corrected chi connectivity index (χ2v) is 6.32. The van der Waals surface area contributed by atoms with E-state index < -0.39 is 0 Å². The summed E-state index contributed by atoms with van der Waals surface area (Å²) in [5.74, 6) is 0. The van der Waals surface area contributed by atoms with Gasteiger partial charge in [-0.3, -0.25) is 0 Å². The van der Waals surface area contributed by atoms with Gasteiger partial charge in [0.15, 0.2) is 0 Å². The van der Waals surface area contributed by atoms with Crippen LogP contribution in [0.15, 0.2) is 24.3 Å². The predicted octanol–water partition coefficient (Wildman–Crippen LogP) is 2.33. The summed E-state index contributed by atoms with van der Waals surface area (Å²) in [6, 6.07) is 10.3. The Hall–Kier alpha value is -1.06. The van der Waals surface area contributed by atoms with Gasteiger partial charge in [-0.1, -0.05) is 18.2 Å². The highest BCUT2D eigenvalue weighted by atomic mass is 16.3. The van der Waals surface area contributed by atoms with Gasteiger partial charge in [0.25, 0.3) is 0 Å². The molecule has 1 aliphatic heterocycles. The smallest absolute Gasteiger partial charge is 0.0585 e. The minimum absolute atomic E-state index is 0.250. The number of fused-ring (bicyclic) bond motifs is 1. The SMILES string of the molecule is CC1CCc2ccccc2N1CCC(CO)NC1CC1. The molecule has 2 N–H and O–H groups in total. The highest BCUT2D eigenvalue weighted by molar-refractivity contribution is 5.56. The number of aliphatic hydroxyl groups is 1. The zero-order chi connectivity index (χ0) is 13.9. The van der Waals surface area contributed by atoms with Gasteiger partial charge in [0, 0.05) is 30.4 Å². The van der Waals surface area contributed by atoms with Crippen LogP contribution in [0.3, 0.4) is 0 Å². The number of aliphatic hydroxyl groups excluding tert-OH is 1. The van der Waals surface area contributed by atoms with E-state index in [9.17, 15) is 5.11 Å². The second kappa shape index (κ2) is 6.15. The summed E-state index contributed by atoms with van der Waals surface area (Å²) in [7, 11) is 0. The Labute approximate surface area is 122 Å². The van der Waals surface area contributed by atoms with Crippen molar-refractivity contribution >= 4 is 5.69 Å². The van der Waals surface area contributed by atoms with Gasteiger partial charge in [0.1, 0.15) is 0 Å². The summed E-state index contributed by atoms with van der Waals surface area (Å²) in [6.07, 6.45) is 6.00. The van der Waals surface area contributed by atoms with Crippen LogP contribution in [0.25, 0.3) is 0 Å². The Morgan fingerprint density at radius 3 is 2.85 bits per heavy atom. The molecule has 1 heterocycles. The van der Waals surface area contributed by atoms with Gasteiger partial charge in [-0.05, 0) is 50.7 Å². The first kappa shape index (κ1) is 13.9. The Bertz CT molecular complexity index is 444. The molecule has 1 aromatic carbocycles. The van der Waals surface area contributed by atoms with Gasteiger partial charge in [-0.2, -0.15) is 0 Å². The molecule has 1 fully saturated rings. The van der Waals surface area contributed by atoms with E-state index in [-0.39, 0.29) is 12.6 Å². The molecule has 3 heteroatoms. The van der Waals surface area contributed by atoms with Crippen LogP contribution in [0.1, 0.15) is 38.2 Å². The fourth-order valence-corrected chi connectivity index (χ4v) is 3.21. The maximum absolute atomic E-state index is 9.51. The fraction of sp³-hybridized carbons (Fsp3) is 0.647. The minimum atomic E-state index is 0.250. The van der Waals surface area contributed by atoms with Crippen LogP contribution in [0, 0.1) is 0 Å². The average Bonchev–Trinajstić information content (AvgIpc) is 3.29. The van der Waals surface area contributed by atoms with Crippen LogP contribution in [-0.4, -0.2) is 36.4 Å². The third-order valence-corrected chi connectivity index (χ3v) is 4.65. The van der Waals surface area contributed by atoms with Crippen molar-refractivity contribution in [2.24, 2.45) is 0 Å². The van der Waals surface area contributed by atoms with E-state index in [0.717, 1.165) is 13.0 Å². The second-order valence-electron chi connectivity index (χ2n) is 6.32. The molecule has 2 unspecified atom stereocenters. The predicted molar refractivity (Wildman–Crippen MR) is 83.2 cm³/mol. The Morgan fingerprint density at radius 1 is 1.30 bits per heavy atom. The fourth-order valence-electron chi connectivity index (χ4n) is 3.21. The Morgan fingerprint density at radius 2 is 2.10 bits per heavy atom. The van der Waals surface area contributed by atoms with Crippen molar-refractivity contribution in [3.8, 4) is 0 Å².